The second kappa shape index (κ2) is 8.78. The van der Waals surface area contributed by atoms with E-state index in [2.05, 4.69) is 5.32 Å². The lowest BCUT2D eigenvalue weighted by molar-refractivity contribution is -0.131. The van der Waals surface area contributed by atoms with Gasteiger partial charge in [0.1, 0.15) is 11.6 Å². The lowest BCUT2D eigenvalue weighted by atomic mass is 10.2. The molecule has 0 bridgehead atoms. The molecule has 1 heterocycles. The molecule has 1 aliphatic heterocycles. The number of benzene rings is 2. The van der Waals surface area contributed by atoms with Gasteiger partial charge in [0.2, 0.25) is 5.91 Å². The molecule has 2 aromatic rings. The summed E-state index contributed by atoms with van der Waals surface area (Å²) < 4.78 is 24.8. The first-order valence-electron chi connectivity index (χ1n) is 8.62. The molecule has 1 N–H and O–H groups in total. The summed E-state index contributed by atoms with van der Waals surface area (Å²) in [4.78, 5) is 14.1. The van der Waals surface area contributed by atoms with Crippen molar-refractivity contribution in [1.82, 2.24) is 10.2 Å². The molecular weight excluding hydrogens is 335 g/mol. The van der Waals surface area contributed by atoms with Gasteiger partial charge in [-0.15, -0.1) is 0 Å². The first kappa shape index (κ1) is 18.4. The van der Waals surface area contributed by atoms with Gasteiger partial charge in [0, 0.05) is 25.2 Å². The molecule has 2 aromatic carbocycles. The normalized spacial score (nSPS) is 17.8. The molecule has 0 spiro atoms. The average molecular weight is 358 g/mol. The highest BCUT2D eigenvalue weighted by molar-refractivity contribution is 5.78. The van der Waals surface area contributed by atoms with Crippen molar-refractivity contribution < 1.29 is 18.7 Å². The highest BCUT2D eigenvalue weighted by Crippen LogP contribution is 2.15. The number of nitrogens with one attached hydrogen (secondary N) is 1. The van der Waals surface area contributed by atoms with Crippen LogP contribution in [0.15, 0.2) is 48.5 Å². The van der Waals surface area contributed by atoms with Gasteiger partial charge in [0.15, 0.2) is 0 Å². The SMILES string of the molecule is COc1ccc(CN2C[C@H](OCc3ccccc3F)CNCC2=O)cc1. The Kier molecular flexibility index (Phi) is 6.20. The highest BCUT2D eigenvalue weighted by atomic mass is 19.1. The third-order valence-corrected chi connectivity index (χ3v) is 4.39. The maximum atomic E-state index is 13.7. The van der Waals surface area contributed by atoms with Crippen LogP contribution < -0.4 is 10.1 Å². The number of carbonyl (C=O) groups is 1. The van der Waals surface area contributed by atoms with E-state index in [-0.39, 0.29) is 31.0 Å². The minimum Gasteiger partial charge on any atom is -0.497 e. The number of halogens is 1. The van der Waals surface area contributed by atoms with E-state index >= 15 is 0 Å². The van der Waals surface area contributed by atoms with E-state index in [4.69, 9.17) is 9.47 Å². The van der Waals surface area contributed by atoms with Crippen molar-refractivity contribution in [2.24, 2.45) is 0 Å². The highest BCUT2D eigenvalue weighted by Gasteiger charge is 2.24. The Balaban J connectivity index is 1.61. The molecular formula is C20H23FN2O3. The van der Waals surface area contributed by atoms with Crippen LogP contribution in [0.4, 0.5) is 4.39 Å². The molecule has 0 aliphatic carbocycles. The molecule has 1 aliphatic rings. The minimum absolute atomic E-state index is 0.0257. The zero-order valence-electron chi connectivity index (χ0n) is 14.8. The first-order valence-corrected chi connectivity index (χ1v) is 8.62. The third kappa shape index (κ3) is 4.80. The summed E-state index contributed by atoms with van der Waals surface area (Å²) in [7, 11) is 1.62. The fourth-order valence-electron chi connectivity index (χ4n) is 2.90. The summed E-state index contributed by atoms with van der Waals surface area (Å²) >= 11 is 0. The molecule has 5 nitrogen and oxygen atoms in total. The Hall–Kier alpha value is -2.44. The molecule has 6 heteroatoms. The fraction of sp³-hybridized carbons (Fsp3) is 0.350. The standard InChI is InChI=1S/C20H23FN2O3/c1-25-17-8-6-15(7-9-17)12-23-13-18(10-22-11-20(23)24)26-14-16-4-2-3-5-19(16)21/h2-9,18,22H,10-14H2,1H3/t18-/m1/s1. The van der Waals surface area contributed by atoms with Crippen molar-refractivity contribution in [2.75, 3.05) is 26.7 Å². The molecule has 26 heavy (non-hydrogen) atoms. The number of hydrogen-bond donors (Lipinski definition) is 1. The van der Waals surface area contributed by atoms with Crippen LogP contribution >= 0.6 is 0 Å². The predicted molar refractivity (Wildman–Crippen MR) is 96.3 cm³/mol. The summed E-state index contributed by atoms with van der Waals surface area (Å²) in [5.41, 5.74) is 1.54. The van der Waals surface area contributed by atoms with E-state index in [0.717, 1.165) is 11.3 Å². The van der Waals surface area contributed by atoms with Crippen molar-refractivity contribution >= 4 is 5.91 Å². The largest absolute Gasteiger partial charge is 0.497 e. The van der Waals surface area contributed by atoms with Gasteiger partial charge in [-0.3, -0.25) is 4.79 Å². The van der Waals surface area contributed by atoms with E-state index in [0.29, 0.717) is 25.2 Å². The molecule has 0 aromatic heterocycles. The quantitative estimate of drug-likeness (QED) is 0.861. The Bertz CT molecular complexity index is 736. The van der Waals surface area contributed by atoms with Gasteiger partial charge < -0.3 is 19.7 Å². The van der Waals surface area contributed by atoms with Crippen LogP contribution in [0.5, 0.6) is 5.75 Å². The Morgan fingerprint density at radius 1 is 1.19 bits per heavy atom. The van der Waals surface area contributed by atoms with Crippen molar-refractivity contribution in [3.8, 4) is 5.75 Å². The van der Waals surface area contributed by atoms with Gasteiger partial charge in [0.05, 0.1) is 26.4 Å². The maximum Gasteiger partial charge on any atom is 0.236 e. The Morgan fingerprint density at radius 2 is 1.96 bits per heavy atom. The Morgan fingerprint density at radius 3 is 2.69 bits per heavy atom. The third-order valence-electron chi connectivity index (χ3n) is 4.39. The summed E-state index contributed by atoms with van der Waals surface area (Å²) in [5.74, 6) is 0.529. The van der Waals surface area contributed by atoms with Crippen molar-refractivity contribution in [3.63, 3.8) is 0 Å². The second-order valence-electron chi connectivity index (χ2n) is 6.28. The summed E-state index contributed by atoms with van der Waals surface area (Å²) in [5, 5.41) is 3.10. The van der Waals surface area contributed by atoms with Crippen LogP contribution in [-0.4, -0.2) is 43.7 Å². The summed E-state index contributed by atoms with van der Waals surface area (Å²) in [6, 6.07) is 14.2. The lowest BCUT2D eigenvalue weighted by Gasteiger charge is -2.24. The average Bonchev–Trinajstić information content (AvgIpc) is 2.83. The number of hydrogen-bond acceptors (Lipinski definition) is 4. The molecule has 1 fully saturated rings. The number of ether oxygens (including phenoxy) is 2. The van der Waals surface area contributed by atoms with E-state index in [1.165, 1.54) is 6.07 Å². The van der Waals surface area contributed by atoms with Gasteiger partial charge in [-0.2, -0.15) is 0 Å². The second-order valence-corrected chi connectivity index (χ2v) is 6.28. The van der Waals surface area contributed by atoms with Crippen LogP contribution in [0.3, 0.4) is 0 Å². The number of methoxy groups -OCH3 is 1. The number of rotatable bonds is 6. The van der Waals surface area contributed by atoms with Crippen LogP contribution in [0.1, 0.15) is 11.1 Å². The number of amides is 1. The van der Waals surface area contributed by atoms with Gasteiger partial charge in [-0.1, -0.05) is 30.3 Å². The van der Waals surface area contributed by atoms with E-state index in [1.54, 1.807) is 30.2 Å². The van der Waals surface area contributed by atoms with E-state index in [1.807, 2.05) is 24.3 Å². The molecule has 0 saturated carbocycles. The Labute approximate surface area is 152 Å². The molecule has 138 valence electrons. The fourth-order valence-corrected chi connectivity index (χ4v) is 2.90. The maximum absolute atomic E-state index is 13.7. The van der Waals surface area contributed by atoms with Crippen LogP contribution in [0.2, 0.25) is 0 Å². The van der Waals surface area contributed by atoms with Crippen molar-refractivity contribution in [2.45, 2.75) is 19.3 Å². The van der Waals surface area contributed by atoms with Gasteiger partial charge in [0.25, 0.3) is 0 Å². The van der Waals surface area contributed by atoms with Crippen molar-refractivity contribution in [3.05, 3.63) is 65.5 Å². The number of nitrogens with zero attached hydrogens (tertiary/aromatic N) is 1. The molecule has 1 atom stereocenters. The topological polar surface area (TPSA) is 50.8 Å². The van der Waals surface area contributed by atoms with Crippen molar-refractivity contribution in [1.29, 1.82) is 0 Å². The predicted octanol–water partition coefficient (Wildman–Crippen LogP) is 2.35. The smallest absolute Gasteiger partial charge is 0.236 e. The molecule has 1 amide bonds. The van der Waals surface area contributed by atoms with Gasteiger partial charge >= 0.3 is 0 Å². The van der Waals surface area contributed by atoms with Gasteiger partial charge in [-0.25, -0.2) is 4.39 Å². The zero-order valence-corrected chi connectivity index (χ0v) is 14.8. The lowest BCUT2D eigenvalue weighted by Crippen LogP contribution is -2.37. The van der Waals surface area contributed by atoms with Crippen LogP contribution in [0, 0.1) is 5.82 Å². The first-order chi connectivity index (χ1) is 12.7. The van der Waals surface area contributed by atoms with Crippen LogP contribution in [-0.2, 0) is 22.7 Å². The molecule has 0 unspecified atom stereocenters. The minimum atomic E-state index is -0.278. The zero-order chi connectivity index (χ0) is 18.4. The van der Waals surface area contributed by atoms with Crippen LogP contribution in [0.25, 0.3) is 0 Å². The summed E-state index contributed by atoms with van der Waals surface area (Å²) in [6.45, 7) is 1.98. The van der Waals surface area contributed by atoms with E-state index < -0.39 is 0 Å². The molecule has 3 rings (SSSR count). The summed E-state index contributed by atoms with van der Waals surface area (Å²) in [6.07, 6.45) is -0.195. The number of carbonyl (C=O) groups excluding carboxylic acids is 1. The molecule has 0 radical (unpaired) electrons. The monoisotopic (exact) mass is 358 g/mol. The van der Waals surface area contributed by atoms with E-state index in [9.17, 15) is 9.18 Å². The van der Waals surface area contributed by atoms with Gasteiger partial charge in [-0.05, 0) is 23.8 Å². The molecule has 1 saturated heterocycles.